The van der Waals surface area contributed by atoms with E-state index in [2.05, 4.69) is 12.2 Å². The highest BCUT2D eigenvalue weighted by molar-refractivity contribution is 6.22. The van der Waals surface area contributed by atoms with E-state index in [-0.39, 0.29) is 35.5 Å². The Balaban J connectivity index is 1.45. The van der Waals surface area contributed by atoms with E-state index in [0.29, 0.717) is 29.7 Å². The van der Waals surface area contributed by atoms with E-state index in [0.717, 1.165) is 6.42 Å². The summed E-state index contributed by atoms with van der Waals surface area (Å²) in [5.41, 5.74) is 0.968. The molecule has 2 saturated carbocycles. The van der Waals surface area contributed by atoms with Gasteiger partial charge in [-0.15, -0.1) is 0 Å². The first-order valence-corrected chi connectivity index (χ1v) is 8.95. The molecule has 2 amide bonds. The van der Waals surface area contributed by atoms with Crippen LogP contribution in [0.3, 0.4) is 0 Å². The van der Waals surface area contributed by atoms with Crippen molar-refractivity contribution in [3.63, 3.8) is 0 Å². The number of ether oxygens (including phenoxy) is 1. The predicted octanol–water partition coefficient (Wildman–Crippen LogP) is 2.42. The number of carbonyl (C=O) groups is 3. The van der Waals surface area contributed by atoms with Crippen LogP contribution in [-0.2, 0) is 14.3 Å². The summed E-state index contributed by atoms with van der Waals surface area (Å²) < 4.78 is 4.97. The van der Waals surface area contributed by atoms with Gasteiger partial charge in [-0.2, -0.15) is 0 Å². The van der Waals surface area contributed by atoms with Crippen molar-refractivity contribution in [3.8, 4) is 0 Å². The summed E-state index contributed by atoms with van der Waals surface area (Å²) >= 11 is 0. The average Bonchev–Trinajstić information content (AvgIpc) is 3.40. The first-order valence-electron chi connectivity index (χ1n) is 8.95. The number of amides is 2. The summed E-state index contributed by atoms with van der Waals surface area (Å²) in [4.78, 5) is 39.1. The number of allylic oxidation sites excluding steroid dienone is 2. The van der Waals surface area contributed by atoms with Crippen molar-refractivity contribution in [1.82, 2.24) is 0 Å². The summed E-state index contributed by atoms with van der Waals surface area (Å²) in [6, 6.07) is 6.55. The van der Waals surface area contributed by atoms with Crippen LogP contribution >= 0.6 is 0 Å². The van der Waals surface area contributed by atoms with E-state index < -0.39 is 5.97 Å². The fourth-order valence-corrected chi connectivity index (χ4v) is 5.17. The maximum Gasteiger partial charge on any atom is 0.338 e. The van der Waals surface area contributed by atoms with Crippen LogP contribution in [0.15, 0.2) is 36.4 Å². The molecule has 1 heterocycles. The van der Waals surface area contributed by atoms with Crippen LogP contribution in [-0.4, -0.2) is 24.4 Å². The summed E-state index contributed by atoms with van der Waals surface area (Å²) in [7, 11) is 0. The van der Waals surface area contributed by atoms with Crippen LogP contribution in [0.25, 0.3) is 0 Å². The summed E-state index contributed by atoms with van der Waals surface area (Å²) in [6.45, 7) is 2.06. The minimum Gasteiger partial charge on any atom is -0.462 e. The molecule has 6 rings (SSSR count). The topological polar surface area (TPSA) is 63.7 Å². The van der Waals surface area contributed by atoms with Gasteiger partial charge in [-0.05, 0) is 61.3 Å². The van der Waals surface area contributed by atoms with Crippen LogP contribution < -0.4 is 4.90 Å². The van der Waals surface area contributed by atoms with Crippen LogP contribution in [0.4, 0.5) is 5.69 Å². The van der Waals surface area contributed by atoms with Crippen molar-refractivity contribution in [2.75, 3.05) is 11.5 Å². The van der Waals surface area contributed by atoms with Gasteiger partial charge in [0, 0.05) is 0 Å². The first-order chi connectivity index (χ1) is 12.1. The Kier molecular flexibility index (Phi) is 3.00. The lowest BCUT2D eigenvalue weighted by molar-refractivity contribution is -0.124. The van der Waals surface area contributed by atoms with Gasteiger partial charge in [-0.25, -0.2) is 4.79 Å². The van der Waals surface area contributed by atoms with Gasteiger partial charge in [0.05, 0.1) is 29.7 Å². The van der Waals surface area contributed by atoms with E-state index in [1.165, 1.54) is 4.90 Å². The number of imide groups is 1. The van der Waals surface area contributed by atoms with E-state index in [4.69, 9.17) is 4.74 Å². The lowest BCUT2D eigenvalue weighted by Gasteiger charge is -2.37. The van der Waals surface area contributed by atoms with E-state index in [9.17, 15) is 14.4 Å². The van der Waals surface area contributed by atoms with Gasteiger partial charge in [-0.3, -0.25) is 14.5 Å². The second-order valence-electron chi connectivity index (χ2n) is 7.43. The highest BCUT2D eigenvalue weighted by Gasteiger charge is 2.67. The smallest absolute Gasteiger partial charge is 0.338 e. The van der Waals surface area contributed by atoms with Crippen LogP contribution in [0.1, 0.15) is 23.7 Å². The van der Waals surface area contributed by atoms with E-state index in [1.807, 2.05) is 0 Å². The Morgan fingerprint density at radius 2 is 1.60 bits per heavy atom. The molecule has 1 aromatic carbocycles. The number of rotatable bonds is 3. The molecule has 5 nitrogen and oxygen atoms in total. The standard InChI is InChI=1S/C20H19NO4/c1-2-25-20(24)10-3-5-11(6-4-10)21-18(22)16-12-7-8-13(15-9-14(12)15)17(16)19(21)23/h3-8,12-17H,2,9H2,1H3/t12-,13-,14-,15+,16+,17+/m1/s1. The van der Waals surface area contributed by atoms with Gasteiger partial charge in [0.15, 0.2) is 0 Å². The molecular weight excluding hydrogens is 318 g/mol. The van der Waals surface area contributed by atoms with E-state index in [1.54, 1.807) is 31.2 Å². The predicted molar refractivity (Wildman–Crippen MR) is 89.6 cm³/mol. The normalized spacial score (nSPS) is 37.1. The largest absolute Gasteiger partial charge is 0.462 e. The highest BCUT2D eigenvalue weighted by atomic mass is 16.5. The summed E-state index contributed by atoms with van der Waals surface area (Å²) in [6.07, 6.45) is 5.49. The van der Waals surface area contributed by atoms with Crippen LogP contribution in [0, 0.1) is 35.5 Å². The number of anilines is 1. The Morgan fingerprint density at radius 1 is 1.04 bits per heavy atom. The number of nitrogens with zero attached hydrogens (tertiary/aromatic N) is 1. The third-order valence-electron chi connectivity index (χ3n) is 6.30. The molecule has 5 heteroatoms. The molecule has 4 aliphatic carbocycles. The minimum absolute atomic E-state index is 0.0800. The van der Waals surface area contributed by atoms with Crippen LogP contribution in [0.2, 0.25) is 0 Å². The molecule has 1 saturated heterocycles. The van der Waals surface area contributed by atoms with Crippen molar-refractivity contribution in [2.45, 2.75) is 13.3 Å². The second kappa shape index (κ2) is 5.04. The zero-order valence-electron chi connectivity index (χ0n) is 13.9. The molecule has 0 N–H and O–H groups in total. The van der Waals surface area contributed by atoms with Crippen molar-refractivity contribution in [1.29, 1.82) is 0 Å². The molecular formula is C20H19NO4. The number of benzene rings is 1. The molecule has 3 fully saturated rings. The number of esters is 1. The first kappa shape index (κ1) is 14.9. The lowest BCUT2D eigenvalue weighted by atomic mass is 9.63. The second-order valence-corrected chi connectivity index (χ2v) is 7.43. The van der Waals surface area contributed by atoms with Crippen molar-refractivity contribution >= 4 is 23.5 Å². The van der Waals surface area contributed by atoms with Crippen molar-refractivity contribution in [3.05, 3.63) is 42.0 Å². The van der Waals surface area contributed by atoms with Gasteiger partial charge < -0.3 is 4.74 Å². The Morgan fingerprint density at radius 3 is 2.12 bits per heavy atom. The maximum absolute atomic E-state index is 13.0. The summed E-state index contributed by atoms with van der Waals surface area (Å²) in [5.74, 6) is 0.682. The van der Waals surface area contributed by atoms with Gasteiger partial charge >= 0.3 is 5.97 Å². The average molecular weight is 337 g/mol. The number of carbonyl (C=O) groups excluding carboxylic acids is 3. The Labute approximate surface area is 145 Å². The zero-order valence-corrected chi connectivity index (χ0v) is 13.9. The number of hydrogen-bond acceptors (Lipinski definition) is 4. The third kappa shape index (κ3) is 1.92. The quantitative estimate of drug-likeness (QED) is 0.483. The molecule has 25 heavy (non-hydrogen) atoms. The molecule has 0 unspecified atom stereocenters. The van der Waals surface area contributed by atoms with Gasteiger partial charge in [0.25, 0.3) is 0 Å². The Hall–Kier alpha value is -2.43. The highest BCUT2D eigenvalue weighted by Crippen LogP contribution is 2.65. The van der Waals surface area contributed by atoms with Gasteiger partial charge in [0.1, 0.15) is 0 Å². The molecule has 128 valence electrons. The Bertz CT molecular complexity index is 775. The lowest BCUT2D eigenvalue weighted by Crippen LogP contribution is -2.40. The number of hydrogen-bond donors (Lipinski definition) is 0. The third-order valence-corrected chi connectivity index (χ3v) is 6.30. The molecule has 2 bridgehead atoms. The fourth-order valence-electron chi connectivity index (χ4n) is 5.17. The van der Waals surface area contributed by atoms with Crippen molar-refractivity contribution in [2.24, 2.45) is 35.5 Å². The molecule has 0 radical (unpaired) electrons. The molecule has 5 aliphatic rings. The zero-order chi connectivity index (χ0) is 17.3. The molecule has 1 aliphatic heterocycles. The summed E-state index contributed by atoms with van der Waals surface area (Å²) in [5, 5.41) is 0. The van der Waals surface area contributed by atoms with E-state index >= 15 is 0 Å². The molecule has 1 aromatic rings. The molecule has 0 spiro atoms. The fraction of sp³-hybridized carbons (Fsp3) is 0.450. The van der Waals surface area contributed by atoms with Gasteiger partial charge in [-0.1, -0.05) is 12.2 Å². The SMILES string of the molecule is CCOC(=O)c1ccc(N2C(=O)[C@H]3[C@@H]4C=C[C@H]([C@@H]5C[C@H]45)[C@@H]3C2=O)cc1. The van der Waals surface area contributed by atoms with Crippen molar-refractivity contribution < 1.29 is 19.1 Å². The molecule has 0 aromatic heterocycles. The maximum atomic E-state index is 13.0. The monoisotopic (exact) mass is 337 g/mol. The minimum atomic E-state index is -0.399. The molecule has 6 atom stereocenters. The van der Waals surface area contributed by atoms with Gasteiger partial charge in [0.2, 0.25) is 11.8 Å². The van der Waals surface area contributed by atoms with Crippen LogP contribution in [0.5, 0.6) is 0 Å².